The molecule has 2 aromatic rings. The first kappa shape index (κ1) is 16.7. The van der Waals surface area contributed by atoms with Crippen LogP contribution in [0.25, 0.3) is 0 Å². The van der Waals surface area contributed by atoms with Crippen LogP contribution in [0.15, 0.2) is 29.3 Å². The lowest BCUT2D eigenvalue weighted by atomic mass is 9.95. The van der Waals surface area contributed by atoms with E-state index in [0.717, 1.165) is 35.5 Å². The van der Waals surface area contributed by atoms with Crippen molar-refractivity contribution in [3.63, 3.8) is 0 Å². The Morgan fingerprint density at radius 1 is 1.33 bits per heavy atom. The summed E-state index contributed by atoms with van der Waals surface area (Å²) in [5.74, 6) is -0.0765. The molecule has 0 bridgehead atoms. The molecule has 1 aliphatic rings. The second kappa shape index (κ2) is 7.62. The van der Waals surface area contributed by atoms with E-state index in [1.807, 2.05) is 38.1 Å². The second-order valence-corrected chi connectivity index (χ2v) is 6.93. The third kappa shape index (κ3) is 3.51. The Kier molecular flexibility index (Phi) is 5.30. The van der Waals surface area contributed by atoms with E-state index in [4.69, 9.17) is 4.74 Å². The summed E-state index contributed by atoms with van der Waals surface area (Å²) in [4.78, 5) is 18.6. The van der Waals surface area contributed by atoms with Crippen LogP contribution in [0, 0.1) is 6.92 Å². The summed E-state index contributed by atoms with van der Waals surface area (Å²) < 4.78 is 5.22. The number of carbonyl (C=O) groups excluding carboxylic acids is 1. The molecular formula is C19H22N2O2S. The van der Waals surface area contributed by atoms with E-state index in [-0.39, 0.29) is 5.91 Å². The molecule has 0 unspecified atom stereocenters. The van der Waals surface area contributed by atoms with E-state index in [0.29, 0.717) is 12.2 Å². The van der Waals surface area contributed by atoms with E-state index in [1.54, 1.807) is 11.3 Å². The van der Waals surface area contributed by atoms with Crippen LogP contribution >= 0.6 is 11.3 Å². The van der Waals surface area contributed by atoms with E-state index in [1.165, 1.54) is 23.3 Å². The zero-order valence-corrected chi connectivity index (χ0v) is 14.9. The van der Waals surface area contributed by atoms with Crippen molar-refractivity contribution in [3.05, 3.63) is 45.8 Å². The Hall–Kier alpha value is -2.14. The molecule has 5 heteroatoms. The minimum absolute atomic E-state index is 0.0765. The molecule has 0 aliphatic heterocycles. The van der Waals surface area contributed by atoms with E-state index in [9.17, 15) is 4.79 Å². The quantitative estimate of drug-likeness (QED) is 0.621. The van der Waals surface area contributed by atoms with Crippen molar-refractivity contribution in [1.82, 2.24) is 0 Å². The van der Waals surface area contributed by atoms with Crippen molar-refractivity contribution in [1.29, 1.82) is 0 Å². The van der Waals surface area contributed by atoms with Crippen LogP contribution in [0.2, 0.25) is 0 Å². The molecule has 126 valence electrons. The zero-order valence-electron chi connectivity index (χ0n) is 14.1. The molecule has 0 spiro atoms. The normalized spacial score (nSPS) is 13.8. The SMILES string of the molecule is CCO/C=N\c1sc2c(c1C(=O)Nc1ccccc1C)CCCC2. The Balaban J connectivity index is 1.94. The van der Waals surface area contributed by atoms with Crippen molar-refractivity contribution in [3.8, 4) is 0 Å². The smallest absolute Gasteiger partial charge is 0.259 e. The highest BCUT2D eigenvalue weighted by molar-refractivity contribution is 7.16. The van der Waals surface area contributed by atoms with Gasteiger partial charge < -0.3 is 10.1 Å². The lowest BCUT2D eigenvalue weighted by Crippen LogP contribution is -2.15. The number of fused-ring (bicyclic) bond motifs is 1. The van der Waals surface area contributed by atoms with Gasteiger partial charge in [-0.2, -0.15) is 0 Å². The lowest BCUT2D eigenvalue weighted by molar-refractivity contribution is 0.102. The Bertz CT molecular complexity index is 765. The van der Waals surface area contributed by atoms with Gasteiger partial charge in [-0.25, -0.2) is 4.99 Å². The van der Waals surface area contributed by atoms with Gasteiger partial charge in [-0.1, -0.05) is 18.2 Å². The molecule has 3 rings (SSSR count). The molecule has 0 fully saturated rings. The Labute approximate surface area is 146 Å². The van der Waals surface area contributed by atoms with Gasteiger partial charge in [0.1, 0.15) is 5.00 Å². The van der Waals surface area contributed by atoms with Gasteiger partial charge in [0, 0.05) is 10.6 Å². The number of hydrogen-bond donors (Lipinski definition) is 1. The number of rotatable bonds is 5. The van der Waals surface area contributed by atoms with Crippen molar-refractivity contribution < 1.29 is 9.53 Å². The van der Waals surface area contributed by atoms with Crippen LogP contribution in [-0.4, -0.2) is 18.9 Å². The van der Waals surface area contributed by atoms with Gasteiger partial charge in [-0.3, -0.25) is 4.79 Å². The zero-order chi connectivity index (χ0) is 16.9. The number of aryl methyl sites for hydroxylation is 2. The fourth-order valence-electron chi connectivity index (χ4n) is 2.93. The van der Waals surface area contributed by atoms with E-state index >= 15 is 0 Å². The largest absolute Gasteiger partial charge is 0.483 e. The van der Waals surface area contributed by atoms with Crippen molar-refractivity contribution in [2.75, 3.05) is 11.9 Å². The standard InChI is InChI=1S/C19H22N2O2S/c1-3-23-12-20-19-17(14-9-5-7-11-16(14)24-19)18(22)21-15-10-6-4-8-13(15)2/h4,6,8,10,12H,3,5,7,9,11H2,1-2H3,(H,21,22)/b20-12-. The summed E-state index contributed by atoms with van der Waals surface area (Å²) in [6.45, 7) is 4.48. The summed E-state index contributed by atoms with van der Waals surface area (Å²) >= 11 is 1.62. The minimum Gasteiger partial charge on any atom is -0.483 e. The van der Waals surface area contributed by atoms with Gasteiger partial charge in [0.2, 0.25) is 0 Å². The van der Waals surface area contributed by atoms with Gasteiger partial charge in [0.25, 0.3) is 5.91 Å². The van der Waals surface area contributed by atoms with Gasteiger partial charge in [0.15, 0.2) is 6.40 Å². The molecule has 1 heterocycles. The third-order valence-electron chi connectivity index (χ3n) is 4.18. The monoisotopic (exact) mass is 342 g/mol. The van der Waals surface area contributed by atoms with E-state index in [2.05, 4.69) is 10.3 Å². The molecule has 1 amide bonds. The molecule has 1 aliphatic carbocycles. The van der Waals surface area contributed by atoms with Gasteiger partial charge in [0.05, 0.1) is 12.2 Å². The summed E-state index contributed by atoms with van der Waals surface area (Å²) in [6.07, 6.45) is 5.74. The Morgan fingerprint density at radius 2 is 2.12 bits per heavy atom. The number of benzene rings is 1. The summed E-state index contributed by atoms with van der Waals surface area (Å²) in [7, 11) is 0. The van der Waals surface area contributed by atoms with Crippen molar-refractivity contribution in [2.45, 2.75) is 39.5 Å². The topological polar surface area (TPSA) is 50.7 Å². The predicted molar refractivity (Wildman–Crippen MR) is 99.9 cm³/mol. The van der Waals surface area contributed by atoms with Crippen LogP contribution in [0.5, 0.6) is 0 Å². The molecular weight excluding hydrogens is 320 g/mol. The number of para-hydroxylation sites is 1. The highest BCUT2D eigenvalue weighted by atomic mass is 32.1. The van der Waals surface area contributed by atoms with Crippen LogP contribution in [-0.2, 0) is 17.6 Å². The third-order valence-corrected chi connectivity index (χ3v) is 5.38. The van der Waals surface area contributed by atoms with E-state index < -0.39 is 0 Å². The average Bonchev–Trinajstić information content (AvgIpc) is 2.95. The molecule has 1 aromatic carbocycles. The van der Waals surface area contributed by atoms with Gasteiger partial charge >= 0.3 is 0 Å². The lowest BCUT2D eigenvalue weighted by Gasteiger charge is -2.13. The molecule has 0 saturated heterocycles. The number of nitrogens with one attached hydrogen (secondary N) is 1. The molecule has 4 nitrogen and oxygen atoms in total. The number of ether oxygens (including phenoxy) is 1. The first-order chi connectivity index (χ1) is 11.7. The van der Waals surface area contributed by atoms with Crippen LogP contribution in [0.3, 0.4) is 0 Å². The number of carbonyl (C=O) groups is 1. The maximum atomic E-state index is 12.9. The number of anilines is 1. The minimum atomic E-state index is -0.0765. The number of thiophene rings is 1. The Morgan fingerprint density at radius 3 is 2.92 bits per heavy atom. The van der Waals surface area contributed by atoms with Crippen molar-refractivity contribution >= 4 is 34.3 Å². The second-order valence-electron chi connectivity index (χ2n) is 5.85. The highest BCUT2D eigenvalue weighted by Gasteiger charge is 2.25. The number of aliphatic imine (C=N–C) groups is 1. The summed E-state index contributed by atoms with van der Waals surface area (Å²) in [5, 5.41) is 3.80. The van der Waals surface area contributed by atoms with Crippen molar-refractivity contribution in [2.24, 2.45) is 4.99 Å². The highest BCUT2D eigenvalue weighted by Crippen LogP contribution is 2.40. The van der Waals surface area contributed by atoms with Crippen LogP contribution in [0.4, 0.5) is 10.7 Å². The van der Waals surface area contributed by atoms with Crippen LogP contribution in [0.1, 0.15) is 46.1 Å². The number of hydrogen-bond acceptors (Lipinski definition) is 4. The molecule has 0 radical (unpaired) electrons. The van der Waals surface area contributed by atoms with Gasteiger partial charge in [-0.15, -0.1) is 11.3 Å². The first-order valence-electron chi connectivity index (χ1n) is 8.36. The number of amides is 1. The summed E-state index contributed by atoms with van der Waals surface area (Å²) in [6, 6.07) is 7.82. The first-order valence-corrected chi connectivity index (χ1v) is 9.18. The molecule has 0 saturated carbocycles. The maximum Gasteiger partial charge on any atom is 0.259 e. The predicted octanol–water partition coefficient (Wildman–Crippen LogP) is 4.88. The molecule has 1 aromatic heterocycles. The molecule has 24 heavy (non-hydrogen) atoms. The van der Waals surface area contributed by atoms with Crippen LogP contribution < -0.4 is 5.32 Å². The summed E-state index contributed by atoms with van der Waals surface area (Å²) in [5.41, 5.74) is 3.78. The molecule has 1 N–H and O–H groups in total. The number of nitrogens with zero attached hydrogens (tertiary/aromatic N) is 1. The fourth-order valence-corrected chi connectivity index (χ4v) is 4.16. The van der Waals surface area contributed by atoms with Gasteiger partial charge in [-0.05, 0) is 56.7 Å². The average molecular weight is 342 g/mol. The fraction of sp³-hybridized carbons (Fsp3) is 0.368. The maximum absolute atomic E-state index is 12.9. The molecule has 0 atom stereocenters.